The first-order valence-electron chi connectivity index (χ1n) is 4.72. The van der Waals surface area contributed by atoms with E-state index in [1.807, 2.05) is 0 Å². The molecule has 0 aromatic rings. The number of hydrogen-bond donors (Lipinski definition) is 1. The molecule has 3 nitrogen and oxygen atoms in total. The molecule has 2 N–H and O–H groups in total. The van der Waals surface area contributed by atoms with Crippen molar-refractivity contribution in [2.45, 2.75) is 32.2 Å². The van der Waals surface area contributed by atoms with Gasteiger partial charge >= 0.3 is 0 Å². The lowest BCUT2D eigenvalue weighted by atomic mass is 9.80. The van der Waals surface area contributed by atoms with E-state index in [0.717, 1.165) is 26.0 Å². The van der Waals surface area contributed by atoms with Gasteiger partial charge in [0.2, 0.25) is 0 Å². The second-order valence-corrected chi connectivity index (χ2v) is 3.54. The molecule has 0 aliphatic carbocycles. The second kappa shape index (κ2) is 4.21. The molecule has 3 heteroatoms. The largest absolute Gasteiger partial charge is 0.364 e. The minimum atomic E-state index is -0.0656. The number of nitrogens with two attached hydrogens (primary N) is 1. The monoisotopic (exact) mass is 171 g/mol. The summed E-state index contributed by atoms with van der Waals surface area (Å²) in [6, 6.07) is 0. The Labute approximate surface area is 74.7 Å². The van der Waals surface area contributed by atoms with Crippen LogP contribution in [-0.2, 0) is 4.74 Å². The highest BCUT2D eigenvalue weighted by Gasteiger charge is 2.33. The molecule has 1 saturated heterocycles. The van der Waals surface area contributed by atoms with Gasteiger partial charge in [-0.1, -0.05) is 13.8 Å². The van der Waals surface area contributed by atoms with Crippen LogP contribution in [0.4, 0.5) is 0 Å². The molecule has 1 aliphatic rings. The maximum atomic E-state index is 6.23. The first kappa shape index (κ1) is 9.96. The summed E-state index contributed by atoms with van der Waals surface area (Å²) in [6.07, 6.45) is 2.01. The summed E-state index contributed by atoms with van der Waals surface area (Å²) in [5.74, 6) is 0.418. The smallest absolute Gasteiger partial charge is 0.112 e. The van der Waals surface area contributed by atoms with Gasteiger partial charge < -0.3 is 10.5 Å². The van der Waals surface area contributed by atoms with Crippen molar-refractivity contribution in [2.24, 2.45) is 11.7 Å². The minimum Gasteiger partial charge on any atom is -0.364 e. The van der Waals surface area contributed by atoms with Crippen LogP contribution < -0.4 is 11.1 Å². The molecular weight excluding hydrogens is 152 g/mol. The third kappa shape index (κ3) is 1.97. The number of rotatable bonds is 3. The Morgan fingerprint density at radius 2 is 2.17 bits per heavy atom. The van der Waals surface area contributed by atoms with Crippen LogP contribution in [0, 0.1) is 5.92 Å². The standard InChI is InChI=1S/C9H19N2O/c1-3-9(10,4-2)8-5-11-7-12-6-8/h8H,3-7,10H2,1-2H3. The molecular formula is C9H19N2O. The van der Waals surface area contributed by atoms with Gasteiger partial charge in [-0.15, -0.1) is 0 Å². The normalized spacial score (nSPS) is 25.8. The predicted molar refractivity (Wildman–Crippen MR) is 48.8 cm³/mol. The summed E-state index contributed by atoms with van der Waals surface area (Å²) in [5, 5.41) is 4.22. The van der Waals surface area contributed by atoms with Gasteiger partial charge in [0.25, 0.3) is 0 Å². The van der Waals surface area contributed by atoms with Gasteiger partial charge in [-0.25, -0.2) is 5.32 Å². The number of nitrogens with zero attached hydrogens (tertiary/aromatic N) is 1. The van der Waals surface area contributed by atoms with Crippen molar-refractivity contribution in [3.8, 4) is 0 Å². The average Bonchev–Trinajstić information content (AvgIpc) is 2.18. The fourth-order valence-electron chi connectivity index (χ4n) is 1.70. The van der Waals surface area contributed by atoms with Crippen LogP contribution >= 0.6 is 0 Å². The third-order valence-corrected chi connectivity index (χ3v) is 2.98. The minimum absolute atomic E-state index is 0.0656. The summed E-state index contributed by atoms with van der Waals surface area (Å²) < 4.78 is 5.29. The molecule has 0 bridgehead atoms. The SMILES string of the molecule is CCC(N)(CC)C1C[N]COC1. The van der Waals surface area contributed by atoms with E-state index >= 15 is 0 Å². The molecule has 1 aliphatic heterocycles. The first-order chi connectivity index (χ1) is 5.73. The van der Waals surface area contributed by atoms with Gasteiger partial charge in [0.1, 0.15) is 6.73 Å². The van der Waals surface area contributed by atoms with Crippen molar-refractivity contribution in [1.82, 2.24) is 5.32 Å². The lowest BCUT2D eigenvalue weighted by molar-refractivity contribution is 0.0108. The molecule has 0 amide bonds. The van der Waals surface area contributed by atoms with Crippen molar-refractivity contribution >= 4 is 0 Å². The van der Waals surface area contributed by atoms with Gasteiger partial charge in [0, 0.05) is 18.0 Å². The quantitative estimate of drug-likeness (QED) is 0.680. The molecule has 1 radical (unpaired) electrons. The second-order valence-electron chi connectivity index (χ2n) is 3.54. The Bertz CT molecular complexity index is 128. The van der Waals surface area contributed by atoms with Crippen LogP contribution in [0.5, 0.6) is 0 Å². The van der Waals surface area contributed by atoms with Crippen LogP contribution in [0.1, 0.15) is 26.7 Å². The molecule has 1 fully saturated rings. The van der Waals surface area contributed by atoms with E-state index in [1.54, 1.807) is 0 Å². The Morgan fingerprint density at radius 3 is 2.58 bits per heavy atom. The molecule has 0 aromatic heterocycles. The lowest BCUT2D eigenvalue weighted by Crippen LogP contribution is -2.53. The van der Waals surface area contributed by atoms with Crippen molar-refractivity contribution in [2.75, 3.05) is 19.9 Å². The van der Waals surface area contributed by atoms with E-state index in [9.17, 15) is 0 Å². The van der Waals surface area contributed by atoms with Crippen LogP contribution in [-0.4, -0.2) is 25.4 Å². The molecule has 0 saturated carbocycles. The summed E-state index contributed by atoms with van der Waals surface area (Å²) in [5.41, 5.74) is 6.17. The Kier molecular flexibility index (Phi) is 3.50. The summed E-state index contributed by atoms with van der Waals surface area (Å²) in [6.45, 7) is 6.48. The first-order valence-corrected chi connectivity index (χ1v) is 4.72. The zero-order valence-corrected chi connectivity index (χ0v) is 8.05. The van der Waals surface area contributed by atoms with Gasteiger partial charge in [-0.3, -0.25) is 0 Å². The number of hydrogen-bond acceptors (Lipinski definition) is 2. The highest BCUT2D eigenvalue weighted by molar-refractivity contribution is 4.90. The van der Waals surface area contributed by atoms with E-state index in [-0.39, 0.29) is 5.54 Å². The molecule has 1 heterocycles. The summed E-state index contributed by atoms with van der Waals surface area (Å²) in [4.78, 5) is 0. The molecule has 71 valence electrons. The van der Waals surface area contributed by atoms with Crippen LogP contribution in [0.25, 0.3) is 0 Å². The molecule has 12 heavy (non-hydrogen) atoms. The maximum absolute atomic E-state index is 6.23. The average molecular weight is 171 g/mol. The summed E-state index contributed by atoms with van der Waals surface area (Å²) in [7, 11) is 0. The zero-order chi connectivity index (χ0) is 9.03. The van der Waals surface area contributed by atoms with Gasteiger partial charge in [0.05, 0.1) is 6.61 Å². The van der Waals surface area contributed by atoms with Crippen molar-refractivity contribution < 1.29 is 4.74 Å². The van der Waals surface area contributed by atoms with Crippen LogP contribution in [0.3, 0.4) is 0 Å². The van der Waals surface area contributed by atoms with Gasteiger partial charge in [0.15, 0.2) is 0 Å². The van der Waals surface area contributed by atoms with E-state index < -0.39 is 0 Å². The fraction of sp³-hybridized carbons (Fsp3) is 1.00. The van der Waals surface area contributed by atoms with E-state index in [0.29, 0.717) is 12.6 Å². The van der Waals surface area contributed by atoms with E-state index in [2.05, 4.69) is 19.2 Å². The molecule has 0 spiro atoms. The Hall–Kier alpha value is -0.120. The maximum Gasteiger partial charge on any atom is 0.112 e. The summed E-state index contributed by atoms with van der Waals surface area (Å²) >= 11 is 0. The fourth-order valence-corrected chi connectivity index (χ4v) is 1.70. The van der Waals surface area contributed by atoms with Gasteiger partial charge in [-0.05, 0) is 12.8 Å². The highest BCUT2D eigenvalue weighted by atomic mass is 16.5. The topological polar surface area (TPSA) is 49.4 Å². The highest BCUT2D eigenvalue weighted by Crippen LogP contribution is 2.24. The molecule has 0 aromatic carbocycles. The molecule has 1 unspecified atom stereocenters. The predicted octanol–water partition coefficient (Wildman–Crippen LogP) is 0.712. The lowest BCUT2D eigenvalue weighted by Gasteiger charge is -2.37. The van der Waals surface area contributed by atoms with Crippen LogP contribution in [0.15, 0.2) is 0 Å². The van der Waals surface area contributed by atoms with Gasteiger partial charge in [-0.2, -0.15) is 0 Å². The van der Waals surface area contributed by atoms with E-state index in [4.69, 9.17) is 10.5 Å². The Morgan fingerprint density at radius 1 is 1.50 bits per heavy atom. The van der Waals surface area contributed by atoms with Crippen molar-refractivity contribution in [1.29, 1.82) is 0 Å². The zero-order valence-electron chi connectivity index (χ0n) is 8.05. The van der Waals surface area contributed by atoms with Crippen molar-refractivity contribution in [3.63, 3.8) is 0 Å². The van der Waals surface area contributed by atoms with Crippen LogP contribution in [0.2, 0.25) is 0 Å². The van der Waals surface area contributed by atoms with E-state index in [1.165, 1.54) is 0 Å². The number of ether oxygens (including phenoxy) is 1. The third-order valence-electron chi connectivity index (χ3n) is 2.98. The molecule has 1 atom stereocenters. The Balaban J connectivity index is 2.51. The van der Waals surface area contributed by atoms with Crippen molar-refractivity contribution in [3.05, 3.63) is 0 Å². The molecule has 1 rings (SSSR count).